The molecule has 6 rings (SSSR count). The van der Waals surface area contributed by atoms with Gasteiger partial charge in [0.05, 0.1) is 6.10 Å². The summed E-state index contributed by atoms with van der Waals surface area (Å²) in [6.07, 6.45) is 10.6. The normalized spacial score (nSPS) is 24.1. The number of rotatable bonds is 8. The third-order valence-electron chi connectivity index (χ3n) is 8.55. The van der Waals surface area contributed by atoms with Crippen LogP contribution in [0, 0.1) is 5.92 Å². The Morgan fingerprint density at radius 1 is 0.971 bits per heavy atom. The van der Waals surface area contributed by atoms with Crippen molar-refractivity contribution < 1.29 is 14.3 Å². The first-order valence-corrected chi connectivity index (χ1v) is 13.7. The van der Waals surface area contributed by atoms with Crippen LogP contribution in [-0.4, -0.2) is 49.3 Å². The first-order chi connectivity index (χ1) is 17.2. The molecular weight excluding hydrogens is 436 g/mol. The van der Waals surface area contributed by atoms with Crippen LogP contribution in [0.5, 0.6) is 5.75 Å². The van der Waals surface area contributed by atoms with Gasteiger partial charge in [-0.3, -0.25) is 4.79 Å². The highest BCUT2D eigenvalue weighted by atomic mass is 16.5. The third kappa shape index (κ3) is 5.12. The minimum Gasteiger partial charge on any atom is -0.491 e. The van der Waals surface area contributed by atoms with Gasteiger partial charge in [-0.2, -0.15) is 0 Å². The number of ether oxygens (including phenoxy) is 2. The van der Waals surface area contributed by atoms with E-state index in [4.69, 9.17) is 9.47 Å². The number of carbonyl (C=O) groups is 1. The average molecular weight is 475 g/mol. The molecule has 2 atom stereocenters. The molecule has 0 aromatic heterocycles. The van der Waals surface area contributed by atoms with Crippen molar-refractivity contribution in [3.05, 3.63) is 64.2 Å². The number of nitrogens with one attached hydrogen (secondary N) is 1. The summed E-state index contributed by atoms with van der Waals surface area (Å²) >= 11 is 0. The maximum atomic E-state index is 13.4. The largest absolute Gasteiger partial charge is 0.491 e. The van der Waals surface area contributed by atoms with Gasteiger partial charge in [-0.15, -0.1) is 0 Å². The van der Waals surface area contributed by atoms with Crippen molar-refractivity contribution >= 4 is 5.91 Å². The molecule has 4 aliphatic rings. The third-order valence-corrected chi connectivity index (χ3v) is 8.55. The van der Waals surface area contributed by atoms with Crippen molar-refractivity contribution in [2.45, 2.75) is 76.5 Å². The van der Waals surface area contributed by atoms with E-state index in [1.807, 2.05) is 12.1 Å². The van der Waals surface area contributed by atoms with E-state index in [2.05, 4.69) is 34.5 Å². The van der Waals surface area contributed by atoms with Crippen LogP contribution in [0.3, 0.4) is 0 Å². The van der Waals surface area contributed by atoms with E-state index in [0.717, 1.165) is 87.6 Å². The molecule has 5 nitrogen and oxygen atoms in total. The fourth-order valence-electron chi connectivity index (χ4n) is 6.17. The fourth-order valence-corrected chi connectivity index (χ4v) is 6.17. The Morgan fingerprint density at radius 2 is 1.91 bits per heavy atom. The van der Waals surface area contributed by atoms with Crippen molar-refractivity contribution in [1.29, 1.82) is 0 Å². The van der Waals surface area contributed by atoms with E-state index in [0.29, 0.717) is 12.6 Å². The van der Waals surface area contributed by atoms with Gasteiger partial charge in [0.2, 0.25) is 0 Å². The van der Waals surface area contributed by atoms with Gasteiger partial charge in [-0.25, -0.2) is 0 Å². The minimum absolute atomic E-state index is 0.183. The summed E-state index contributed by atoms with van der Waals surface area (Å²) in [4.78, 5) is 15.6. The Hall–Kier alpha value is -2.37. The summed E-state index contributed by atoms with van der Waals surface area (Å²) in [6, 6.07) is 13.3. The van der Waals surface area contributed by atoms with Crippen molar-refractivity contribution in [2.75, 3.05) is 26.3 Å². The lowest BCUT2D eigenvalue weighted by molar-refractivity contribution is 0.0638. The lowest BCUT2D eigenvalue weighted by Gasteiger charge is -2.38. The number of nitrogens with zero attached hydrogens (tertiary/aromatic N) is 1. The molecule has 1 saturated heterocycles. The molecule has 0 unspecified atom stereocenters. The first-order valence-electron chi connectivity index (χ1n) is 13.7. The number of hydrogen-bond acceptors (Lipinski definition) is 4. The molecule has 0 radical (unpaired) electrons. The molecule has 2 aliphatic heterocycles. The van der Waals surface area contributed by atoms with Gasteiger partial charge in [-0.05, 0) is 104 Å². The fraction of sp³-hybridized carbons (Fsp3) is 0.567. The molecule has 1 N–H and O–H groups in total. The van der Waals surface area contributed by atoms with Gasteiger partial charge >= 0.3 is 0 Å². The molecule has 5 heteroatoms. The van der Waals surface area contributed by atoms with E-state index in [-0.39, 0.29) is 12.0 Å². The SMILES string of the molecule is O=C1c2ccc(OC[C@@H]3CCCO3)cc2CCN1[C@H]1CCc2cc(CNCC3CCC3)ccc2C1. The summed E-state index contributed by atoms with van der Waals surface area (Å²) < 4.78 is 11.6. The Bertz CT molecular complexity index is 1060. The molecule has 2 aliphatic carbocycles. The zero-order chi connectivity index (χ0) is 23.6. The standard InChI is InChI=1S/C30H38N2O3/c33-30-29-11-10-27(35-20-28-5-2-14-34-28)17-25(29)12-13-32(30)26-9-8-23-15-22(6-7-24(23)16-26)19-31-18-21-3-1-4-21/h6-7,10-11,15,17,21,26,28,31H,1-5,8-9,12-14,16,18-20H2/t26-,28-/m0/s1. The van der Waals surface area contributed by atoms with Gasteiger partial charge in [0, 0.05) is 31.3 Å². The zero-order valence-corrected chi connectivity index (χ0v) is 20.8. The lowest BCUT2D eigenvalue weighted by atomic mass is 9.84. The Morgan fingerprint density at radius 3 is 2.74 bits per heavy atom. The average Bonchev–Trinajstić information content (AvgIpc) is 3.38. The van der Waals surface area contributed by atoms with Crippen LogP contribution in [0.1, 0.15) is 71.1 Å². The maximum Gasteiger partial charge on any atom is 0.254 e. The van der Waals surface area contributed by atoms with Gasteiger partial charge in [-0.1, -0.05) is 24.6 Å². The van der Waals surface area contributed by atoms with Gasteiger partial charge in [0.15, 0.2) is 0 Å². The zero-order valence-electron chi connectivity index (χ0n) is 20.8. The van der Waals surface area contributed by atoms with Crippen LogP contribution in [0.15, 0.2) is 36.4 Å². The van der Waals surface area contributed by atoms with Gasteiger partial charge in [0.1, 0.15) is 12.4 Å². The molecule has 1 amide bonds. The molecule has 0 spiro atoms. The monoisotopic (exact) mass is 474 g/mol. The van der Waals surface area contributed by atoms with Crippen LogP contribution in [0.25, 0.3) is 0 Å². The highest BCUT2D eigenvalue weighted by Gasteiger charge is 2.32. The molecule has 2 aromatic rings. The van der Waals surface area contributed by atoms with E-state index in [1.54, 1.807) is 0 Å². The van der Waals surface area contributed by atoms with Gasteiger partial charge < -0.3 is 19.7 Å². The quantitative estimate of drug-likeness (QED) is 0.603. The summed E-state index contributed by atoms with van der Waals surface area (Å²) in [5.41, 5.74) is 6.25. The van der Waals surface area contributed by atoms with Crippen molar-refractivity contribution in [3.63, 3.8) is 0 Å². The second-order valence-electron chi connectivity index (χ2n) is 10.9. The first kappa shape index (κ1) is 23.1. The highest BCUT2D eigenvalue weighted by Crippen LogP contribution is 2.31. The van der Waals surface area contributed by atoms with Crippen LogP contribution in [-0.2, 0) is 30.5 Å². The van der Waals surface area contributed by atoms with Gasteiger partial charge in [0.25, 0.3) is 5.91 Å². The van der Waals surface area contributed by atoms with Crippen LogP contribution in [0.2, 0.25) is 0 Å². The summed E-state index contributed by atoms with van der Waals surface area (Å²) in [5.74, 6) is 1.93. The number of hydrogen-bond donors (Lipinski definition) is 1. The van der Waals surface area contributed by atoms with Crippen LogP contribution in [0.4, 0.5) is 0 Å². The van der Waals surface area contributed by atoms with Crippen molar-refractivity contribution in [3.8, 4) is 5.75 Å². The second kappa shape index (κ2) is 10.3. The second-order valence-corrected chi connectivity index (χ2v) is 10.9. The molecule has 35 heavy (non-hydrogen) atoms. The minimum atomic E-state index is 0.183. The molecule has 186 valence electrons. The summed E-state index contributed by atoms with van der Waals surface area (Å²) in [6.45, 7) is 4.35. The smallest absolute Gasteiger partial charge is 0.254 e. The summed E-state index contributed by atoms with van der Waals surface area (Å²) in [5, 5.41) is 3.64. The van der Waals surface area contributed by atoms with Crippen molar-refractivity contribution in [2.24, 2.45) is 5.92 Å². The predicted molar refractivity (Wildman–Crippen MR) is 137 cm³/mol. The van der Waals surface area contributed by atoms with E-state index in [1.165, 1.54) is 36.0 Å². The lowest BCUT2D eigenvalue weighted by Crippen LogP contribution is -2.47. The molecule has 0 bridgehead atoms. The van der Waals surface area contributed by atoms with E-state index < -0.39 is 0 Å². The molecular formula is C30H38N2O3. The van der Waals surface area contributed by atoms with Crippen molar-refractivity contribution in [1.82, 2.24) is 10.2 Å². The van der Waals surface area contributed by atoms with E-state index >= 15 is 0 Å². The maximum absolute atomic E-state index is 13.4. The van der Waals surface area contributed by atoms with Crippen LogP contribution >= 0.6 is 0 Å². The summed E-state index contributed by atoms with van der Waals surface area (Å²) in [7, 11) is 0. The Labute approximate surface area is 209 Å². The van der Waals surface area contributed by atoms with Crippen LogP contribution < -0.4 is 10.1 Å². The molecule has 2 aromatic carbocycles. The number of benzene rings is 2. The number of fused-ring (bicyclic) bond motifs is 2. The predicted octanol–water partition coefficient (Wildman–Crippen LogP) is 4.69. The number of amides is 1. The Kier molecular flexibility index (Phi) is 6.80. The number of carbonyl (C=O) groups excluding carboxylic acids is 1. The Balaban J connectivity index is 1.06. The molecule has 2 fully saturated rings. The number of aryl methyl sites for hydroxylation is 1. The molecule has 1 saturated carbocycles. The topological polar surface area (TPSA) is 50.8 Å². The highest BCUT2D eigenvalue weighted by molar-refractivity contribution is 5.97. The molecule has 2 heterocycles. The van der Waals surface area contributed by atoms with E-state index in [9.17, 15) is 4.79 Å².